The standard InChI is InChI=1S/C17H14BrN3O/c18-14-5-3-4-12(8-14)10-20-21-17(22)9-13-11-19-16-7-2-1-6-15(13)16/h1-8,10-11,19H,9H2,(H,21,22)/b20-10+. The average molecular weight is 356 g/mol. The van der Waals surface area contributed by atoms with Crippen molar-refractivity contribution in [2.75, 3.05) is 0 Å². The van der Waals surface area contributed by atoms with Gasteiger partial charge in [-0.05, 0) is 29.3 Å². The molecule has 5 heteroatoms. The highest BCUT2D eigenvalue weighted by atomic mass is 79.9. The van der Waals surface area contributed by atoms with E-state index in [1.807, 2.05) is 54.7 Å². The number of hydrazone groups is 1. The third kappa shape index (κ3) is 3.43. The molecule has 0 spiro atoms. The van der Waals surface area contributed by atoms with Gasteiger partial charge in [-0.1, -0.05) is 46.3 Å². The fourth-order valence-corrected chi connectivity index (χ4v) is 2.67. The van der Waals surface area contributed by atoms with Crippen LogP contribution in [0.2, 0.25) is 0 Å². The lowest BCUT2D eigenvalue weighted by Gasteiger charge is -1.99. The minimum Gasteiger partial charge on any atom is -0.361 e. The minimum atomic E-state index is -0.143. The van der Waals surface area contributed by atoms with Gasteiger partial charge in [-0.2, -0.15) is 5.10 Å². The summed E-state index contributed by atoms with van der Waals surface area (Å²) in [5, 5.41) is 5.05. The lowest BCUT2D eigenvalue weighted by molar-refractivity contribution is -0.120. The van der Waals surface area contributed by atoms with E-state index in [9.17, 15) is 4.79 Å². The molecule has 22 heavy (non-hydrogen) atoms. The lowest BCUT2D eigenvalue weighted by Crippen LogP contribution is -2.19. The molecule has 0 atom stereocenters. The summed E-state index contributed by atoms with van der Waals surface area (Å²) in [5.41, 5.74) is 5.47. The SMILES string of the molecule is O=C(Cc1c[nH]c2ccccc12)N/N=C/c1cccc(Br)c1. The quantitative estimate of drug-likeness (QED) is 0.544. The molecule has 0 aliphatic rings. The van der Waals surface area contributed by atoms with Gasteiger partial charge in [0, 0.05) is 21.6 Å². The summed E-state index contributed by atoms with van der Waals surface area (Å²) in [5.74, 6) is -0.143. The van der Waals surface area contributed by atoms with Crippen molar-refractivity contribution in [2.45, 2.75) is 6.42 Å². The molecule has 0 saturated heterocycles. The van der Waals surface area contributed by atoms with E-state index >= 15 is 0 Å². The number of para-hydroxylation sites is 1. The second-order valence-electron chi connectivity index (χ2n) is 4.88. The van der Waals surface area contributed by atoms with Gasteiger partial charge in [0.2, 0.25) is 5.91 Å². The van der Waals surface area contributed by atoms with Crippen LogP contribution in [-0.4, -0.2) is 17.1 Å². The van der Waals surface area contributed by atoms with E-state index in [1.54, 1.807) is 6.21 Å². The van der Waals surface area contributed by atoms with E-state index in [4.69, 9.17) is 0 Å². The number of H-pyrrole nitrogens is 1. The number of hydrogen-bond acceptors (Lipinski definition) is 2. The highest BCUT2D eigenvalue weighted by Crippen LogP contribution is 2.17. The number of fused-ring (bicyclic) bond motifs is 1. The van der Waals surface area contributed by atoms with Gasteiger partial charge in [0.15, 0.2) is 0 Å². The Labute approximate surface area is 136 Å². The van der Waals surface area contributed by atoms with Crippen molar-refractivity contribution >= 4 is 39.0 Å². The fourth-order valence-electron chi connectivity index (χ4n) is 2.26. The monoisotopic (exact) mass is 355 g/mol. The molecular formula is C17H14BrN3O. The van der Waals surface area contributed by atoms with E-state index in [2.05, 4.69) is 31.4 Å². The lowest BCUT2D eigenvalue weighted by atomic mass is 10.1. The van der Waals surface area contributed by atoms with E-state index in [0.29, 0.717) is 6.42 Å². The molecule has 110 valence electrons. The molecule has 0 bridgehead atoms. The number of halogens is 1. The van der Waals surface area contributed by atoms with Crippen molar-refractivity contribution in [3.8, 4) is 0 Å². The predicted molar refractivity (Wildman–Crippen MR) is 91.9 cm³/mol. The number of carbonyl (C=O) groups is 1. The number of nitrogens with one attached hydrogen (secondary N) is 2. The summed E-state index contributed by atoms with van der Waals surface area (Å²) in [4.78, 5) is 15.1. The summed E-state index contributed by atoms with van der Waals surface area (Å²) >= 11 is 3.39. The van der Waals surface area contributed by atoms with E-state index in [-0.39, 0.29) is 5.91 Å². The molecule has 0 fully saturated rings. The van der Waals surface area contributed by atoms with Crippen molar-refractivity contribution in [1.29, 1.82) is 0 Å². The number of hydrogen-bond donors (Lipinski definition) is 2. The smallest absolute Gasteiger partial charge is 0.244 e. The molecule has 0 radical (unpaired) electrons. The van der Waals surface area contributed by atoms with Gasteiger partial charge in [-0.3, -0.25) is 4.79 Å². The molecule has 2 N–H and O–H groups in total. The summed E-state index contributed by atoms with van der Waals surface area (Å²) < 4.78 is 0.974. The Hall–Kier alpha value is -2.40. The van der Waals surface area contributed by atoms with Gasteiger partial charge >= 0.3 is 0 Å². The van der Waals surface area contributed by atoms with Crippen LogP contribution in [-0.2, 0) is 11.2 Å². The van der Waals surface area contributed by atoms with Crippen LogP contribution < -0.4 is 5.43 Å². The van der Waals surface area contributed by atoms with Gasteiger partial charge in [0.05, 0.1) is 12.6 Å². The van der Waals surface area contributed by atoms with Crippen LogP contribution in [0.3, 0.4) is 0 Å². The molecule has 0 aliphatic carbocycles. The second-order valence-corrected chi connectivity index (χ2v) is 5.80. The van der Waals surface area contributed by atoms with E-state index < -0.39 is 0 Å². The van der Waals surface area contributed by atoms with Crippen molar-refractivity contribution in [2.24, 2.45) is 5.10 Å². The Morgan fingerprint density at radius 2 is 2.09 bits per heavy atom. The summed E-state index contributed by atoms with van der Waals surface area (Å²) in [7, 11) is 0. The molecule has 4 nitrogen and oxygen atoms in total. The first-order valence-electron chi connectivity index (χ1n) is 6.85. The number of aromatic amines is 1. The Bertz CT molecular complexity index is 839. The Balaban J connectivity index is 1.63. The maximum Gasteiger partial charge on any atom is 0.244 e. The molecule has 0 unspecified atom stereocenters. The highest BCUT2D eigenvalue weighted by Gasteiger charge is 2.07. The number of aromatic nitrogens is 1. The summed E-state index contributed by atoms with van der Waals surface area (Å²) in [6, 6.07) is 15.6. The van der Waals surface area contributed by atoms with Crippen molar-refractivity contribution < 1.29 is 4.79 Å². The largest absolute Gasteiger partial charge is 0.361 e. The number of nitrogens with zero attached hydrogens (tertiary/aromatic N) is 1. The normalized spacial score (nSPS) is 11.1. The van der Waals surface area contributed by atoms with Crippen LogP contribution in [0.25, 0.3) is 10.9 Å². The fraction of sp³-hybridized carbons (Fsp3) is 0.0588. The van der Waals surface area contributed by atoms with Crippen LogP contribution in [0.1, 0.15) is 11.1 Å². The van der Waals surface area contributed by atoms with Crippen molar-refractivity contribution in [3.05, 3.63) is 70.3 Å². The summed E-state index contributed by atoms with van der Waals surface area (Å²) in [6.45, 7) is 0. The van der Waals surface area contributed by atoms with Crippen LogP contribution in [0, 0.1) is 0 Å². The molecule has 2 aromatic carbocycles. The van der Waals surface area contributed by atoms with Crippen LogP contribution in [0.15, 0.2) is 64.3 Å². The van der Waals surface area contributed by atoms with Crippen LogP contribution >= 0.6 is 15.9 Å². The molecule has 3 aromatic rings. The van der Waals surface area contributed by atoms with Gasteiger partial charge < -0.3 is 4.98 Å². The second kappa shape index (κ2) is 6.58. The van der Waals surface area contributed by atoms with Crippen molar-refractivity contribution in [1.82, 2.24) is 10.4 Å². The van der Waals surface area contributed by atoms with Crippen LogP contribution in [0.4, 0.5) is 0 Å². The van der Waals surface area contributed by atoms with Gasteiger partial charge in [0.1, 0.15) is 0 Å². The molecular weight excluding hydrogens is 342 g/mol. The maximum atomic E-state index is 12.0. The minimum absolute atomic E-state index is 0.143. The third-order valence-electron chi connectivity index (χ3n) is 3.28. The zero-order chi connectivity index (χ0) is 15.4. The number of amides is 1. The Morgan fingerprint density at radius 3 is 2.95 bits per heavy atom. The van der Waals surface area contributed by atoms with E-state index in [0.717, 1.165) is 26.5 Å². The third-order valence-corrected chi connectivity index (χ3v) is 3.77. The maximum absolute atomic E-state index is 12.0. The molecule has 0 saturated carbocycles. The number of benzene rings is 2. The predicted octanol–water partition coefficient (Wildman–Crippen LogP) is 3.62. The molecule has 1 amide bonds. The molecule has 1 heterocycles. The first kappa shape index (κ1) is 14.5. The summed E-state index contributed by atoms with van der Waals surface area (Å²) in [6.07, 6.45) is 3.78. The Morgan fingerprint density at radius 1 is 1.23 bits per heavy atom. The first-order valence-corrected chi connectivity index (χ1v) is 7.64. The Kier molecular flexibility index (Phi) is 4.34. The van der Waals surface area contributed by atoms with Gasteiger partial charge in [-0.25, -0.2) is 5.43 Å². The molecule has 1 aromatic heterocycles. The average Bonchev–Trinajstić information content (AvgIpc) is 2.91. The van der Waals surface area contributed by atoms with Gasteiger partial charge in [-0.15, -0.1) is 0 Å². The zero-order valence-electron chi connectivity index (χ0n) is 11.7. The zero-order valence-corrected chi connectivity index (χ0v) is 13.3. The van der Waals surface area contributed by atoms with E-state index in [1.165, 1.54) is 0 Å². The number of rotatable bonds is 4. The molecule has 3 rings (SSSR count). The first-order chi connectivity index (χ1) is 10.7. The van der Waals surface area contributed by atoms with Crippen molar-refractivity contribution in [3.63, 3.8) is 0 Å². The molecule has 0 aliphatic heterocycles. The topological polar surface area (TPSA) is 57.2 Å². The van der Waals surface area contributed by atoms with Gasteiger partial charge in [0.25, 0.3) is 0 Å². The number of carbonyl (C=O) groups excluding carboxylic acids is 1. The highest BCUT2D eigenvalue weighted by molar-refractivity contribution is 9.10. The van der Waals surface area contributed by atoms with Crippen LogP contribution in [0.5, 0.6) is 0 Å².